The van der Waals surface area contributed by atoms with Gasteiger partial charge in [0.25, 0.3) is 0 Å². The van der Waals surface area contributed by atoms with Crippen LogP contribution < -0.4 is 4.74 Å². The minimum atomic E-state index is -0.295. The summed E-state index contributed by atoms with van der Waals surface area (Å²) in [5.41, 5.74) is 2.55. The molecule has 0 spiro atoms. The van der Waals surface area contributed by atoms with Gasteiger partial charge in [0.1, 0.15) is 11.6 Å². The minimum Gasteiger partial charge on any atom is -0.497 e. The fourth-order valence-electron chi connectivity index (χ4n) is 2.33. The highest BCUT2D eigenvalue weighted by Gasteiger charge is 2.15. The number of ether oxygens (including phenoxy) is 1. The highest BCUT2D eigenvalue weighted by molar-refractivity contribution is 5.83. The number of aldehydes is 1. The van der Waals surface area contributed by atoms with E-state index in [0.717, 1.165) is 16.9 Å². The average molecular weight is 311 g/mol. The summed E-state index contributed by atoms with van der Waals surface area (Å²) < 4.78 is 19.8. The van der Waals surface area contributed by atoms with E-state index in [0.29, 0.717) is 18.5 Å². The molecule has 6 heteroatoms. The van der Waals surface area contributed by atoms with Crippen LogP contribution in [0.4, 0.5) is 4.39 Å². The number of nitrogens with zero attached hydrogens (tertiary/aromatic N) is 3. The maximum Gasteiger partial charge on any atom is 0.172 e. The molecule has 0 aliphatic rings. The third kappa shape index (κ3) is 3.11. The van der Waals surface area contributed by atoms with Crippen LogP contribution in [-0.2, 0) is 6.54 Å². The second-order valence-electron chi connectivity index (χ2n) is 4.95. The van der Waals surface area contributed by atoms with Crippen LogP contribution in [0, 0.1) is 5.82 Å². The Hall–Kier alpha value is -3.02. The number of benzene rings is 2. The summed E-state index contributed by atoms with van der Waals surface area (Å²) in [4.78, 5) is 11.2. The van der Waals surface area contributed by atoms with Gasteiger partial charge in [-0.15, -0.1) is 5.10 Å². The molecule has 0 saturated carbocycles. The first-order valence-corrected chi connectivity index (χ1v) is 6.99. The van der Waals surface area contributed by atoms with Gasteiger partial charge < -0.3 is 4.74 Å². The quantitative estimate of drug-likeness (QED) is 0.680. The molecule has 0 saturated heterocycles. The third-order valence-electron chi connectivity index (χ3n) is 3.48. The number of carbonyl (C=O) groups excluding carboxylic acids is 1. The summed E-state index contributed by atoms with van der Waals surface area (Å²) in [6.45, 7) is 0.391. The van der Waals surface area contributed by atoms with Gasteiger partial charge in [-0.1, -0.05) is 17.3 Å². The number of carbonyl (C=O) groups is 1. The molecule has 0 unspecified atom stereocenters. The van der Waals surface area contributed by atoms with Crippen LogP contribution >= 0.6 is 0 Å². The van der Waals surface area contributed by atoms with Crippen molar-refractivity contribution in [1.29, 1.82) is 0 Å². The molecule has 1 aromatic heterocycles. The third-order valence-corrected chi connectivity index (χ3v) is 3.48. The van der Waals surface area contributed by atoms with E-state index in [1.54, 1.807) is 36.1 Å². The topological polar surface area (TPSA) is 57.0 Å². The molecule has 2 aromatic carbocycles. The number of halogens is 1. The van der Waals surface area contributed by atoms with E-state index in [9.17, 15) is 9.18 Å². The molecule has 0 N–H and O–H groups in total. The molecule has 3 aromatic rings. The van der Waals surface area contributed by atoms with Crippen LogP contribution in [0.1, 0.15) is 16.1 Å². The van der Waals surface area contributed by atoms with E-state index in [1.165, 1.54) is 12.1 Å². The standard InChI is InChI=1S/C17H14FN3O2/c1-23-15-8-4-13(5-9-15)17-16(11-22)19-20-21(17)10-12-2-6-14(18)7-3-12/h2-9,11H,10H2,1H3. The van der Waals surface area contributed by atoms with Crippen molar-refractivity contribution in [2.75, 3.05) is 7.11 Å². The highest BCUT2D eigenvalue weighted by atomic mass is 19.1. The molecule has 0 bridgehead atoms. The maximum atomic E-state index is 13.0. The van der Waals surface area contributed by atoms with Crippen LogP contribution in [0.25, 0.3) is 11.3 Å². The molecule has 5 nitrogen and oxygen atoms in total. The summed E-state index contributed by atoms with van der Waals surface area (Å²) in [5.74, 6) is 0.426. The molecule has 3 rings (SSSR count). The monoisotopic (exact) mass is 311 g/mol. The Morgan fingerprint density at radius 3 is 2.43 bits per heavy atom. The zero-order chi connectivity index (χ0) is 16.2. The predicted octanol–water partition coefficient (Wildman–Crippen LogP) is 2.95. The van der Waals surface area contributed by atoms with Gasteiger partial charge in [0.2, 0.25) is 0 Å². The van der Waals surface area contributed by atoms with Crippen LogP contribution in [0.15, 0.2) is 48.5 Å². The highest BCUT2D eigenvalue weighted by Crippen LogP contribution is 2.24. The predicted molar refractivity (Wildman–Crippen MR) is 82.9 cm³/mol. The van der Waals surface area contributed by atoms with E-state index < -0.39 is 0 Å². The van der Waals surface area contributed by atoms with Crippen molar-refractivity contribution < 1.29 is 13.9 Å². The fourth-order valence-corrected chi connectivity index (χ4v) is 2.33. The van der Waals surface area contributed by atoms with Gasteiger partial charge in [0.15, 0.2) is 12.0 Å². The Kier molecular flexibility index (Phi) is 4.14. The van der Waals surface area contributed by atoms with Crippen molar-refractivity contribution in [3.63, 3.8) is 0 Å². The lowest BCUT2D eigenvalue weighted by Crippen LogP contribution is -2.04. The van der Waals surface area contributed by atoms with Crippen molar-refractivity contribution in [2.24, 2.45) is 0 Å². The van der Waals surface area contributed by atoms with E-state index >= 15 is 0 Å². The SMILES string of the molecule is COc1ccc(-c2c(C=O)nnn2Cc2ccc(F)cc2)cc1. The molecule has 0 amide bonds. The molecular formula is C17H14FN3O2. The normalized spacial score (nSPS) is 10.5. The van der Waals surface area contributed by atoms with E-state index in [4.69, 9.17) is 4.74 Å². The zero-order valence-corrected chi connectivity index (χ0v) is 12.4. The second kappa shape index (κ2) is 6.39. The largest absolute Gasteiger partial charge is 0.497 e. The number of hydrogen-bond acceptors (Lipinski definition) is 4. The molecule has 116 valence electrons. The Labute approximate surface area is 132 Å². The molecule has 0 atom stereocenters. The second-order valence-corrected chi connectivity index (χ2v) is 4.95. The Bertz CT molecular complexity index is 811. The first-order chi connectivity index (χ1) is 11.2. The Morgan fingerprint density at radius 2 is 1.83 bits per heavy atom. The lowest BCUT2D eigenvalue weighted by molar-refractivity contribution is 0.111. The van der Waals surface area contributed by atoms with E-state index in [1.807, 2.05) is 12.1 Å². The fraction of sp³-hybridized carbons (Fsp3) is 0.118. The number of methoxy groups -OCH3 is 1. The maximum absolute atomic E-state index is 13.0. The number of hydrogen-bond donors (Lipinski definition) is 0. The van der Waals surface area contributed by atoms with Crippen molar-refractivity contribution in [3.05, 3.63) is 65.6 Å². The molecule has 0 fully saturated rings. The number of aromatic nitrogens is 3. The zero-order valence-electron chi connectivity index (χ0n) is 12.4. The molecule has 0 radical (unpaired) electrons. The molecule has 1 heterocycles. The lowest BCUT2D eigenvalue weighted by atomic mass is 10.1. The van der Waals surface area contributed by atoms with Gasteiger partial charge in [-0.25, -0.2) is 9.07 Å². The summed E-state index contributed by atoms with van der Waals surface area (Å²) in [5, 5.41) is 7.94. The molecular weight excluding hydrogens is 297 g/mol. The Balaban J connectivity index is 1.99. The van der Waals surface area contributed by atoms with E-state index in [2.05, 4.69) is 10.3 Å². The first kappa shape index (κ1) is 14.9. The first-order valence-electron chi connectivity index (χ1n) is 6.99. The van der Waals surface area contributed by atoms with E-state index in [-0.39, 0.29) is 11.5 Å². The van der Waals surface area contributed by atoms with Gasteiger partial charge in [-0.05, 0) is 42.0 Å². The van der Waals surface area contributed by atoms with Crippen molar-refractivity contribution in [1.82, 2.24) is 15.0 Å². The summed E-state index contributed by atoms with van der Waals surface area (Å²) in [7, 11) is 1.59. The molecule has 0 aliphatic heterocycles. The van der Waals surface area contributed by atoms with Gasteiger partial charge in [-0.3, -0.25) is 4.79 Å². The van der Waals surface area contributed by atoms with Crippen molar-refractivity contribution in [2.45, 2.75) is 6.54 Å². The van der Waals surface area contributed by atoms with Gasteiger partial charge in [-0.2, -0.15) is 0 Å². The average Bonchev–Trinajstić information content (AvgIpc) is 2.99. The summed E-state index contributed by atoms with van der Waals surface area (Å²) in [6, 6.07) is 13.4. The number of rotatable bonds is 5. The van der Waals surface area contributed by atoms with Crippen LogP contribution in [-0.4, -0.2) is 28.4 Å². The van der Waals surface area contributed by atoms with Crippen LogP contribution in [0.3, 0.4) is 0 Å². The molecule has 0 aliphatic carbocycles. The van der Waals surface area contributed by atoms with Gasteiger partial charge in [0, 0.05) is 5.56 Å². The van der Waals surface area contributed by atoms with Crippen molar-refractivity contribution in [3.8, 4) is 17.0 Å². The van der Waals surface area contributed by atoms with Gasteiger partial charge in [0.05, 0.1) is 19.3 Å². The van der Waals surface area contributed by atoms with Crippen LogP contribution in [0.5, 0.6) is 5.75 Å². The van der Waals surface area contributed by atoms with Crippen molar-refractivity contribution >= 4 is 6.29 Å². The smallest absolute Gasteiger partial charge is 0.172 e. The summed E-state index contributed by atoms with van der Waals surface area (Å²) in [6.07, 6.45) is 0.674. The minimum absolute atomic E-state index is 0.261. The van der Waals surface area contributed by atoms with Gasteiger partial charge >= 0.3 is 0 Å². The molecule has 23 heavy (non-hydrogen) atoms. The summed E-state index contributed by atoms with van der Waals surface area (Å²) >= 11 is 0. The van der Waals surface area contributed by atoms with Crippen LogP contribution in [0.2, 0.25) is 0 Å². The Morgan fingerprint density at radius 1 is 1.13 bits per heavy atom. The lowest BCUT2D eigenvalue weighted by Gasteiger charge is -2.08.